The molecule has 0 aliphatic carbocycles. The monoisotopic (exact) mass is 492 g/mol. The highest BCUT2D eigenvalue weighted by molar-refractivity contribution is 7.99. The molecule has 0 radical (unpaired) electrons. The molecule has 0 aliphatic rings. The van der Waals surface area contributed by atoms with E-state index in [1.807, 2.05) is 47.0 Å². The van der Waals surface area contributed by atoms with Crippen molar-refractivity contribution in [1.82, 2.24) is 20.2 Å². The van der Waals surface area contributed by atoms with Gasteiger partial charge in [0.15, 0.2) is 11.0 Å². The Morgan fingerprint density at radius 1 is 1.06 bits per heavy atom. The number of amides is 1. The van der Waals surface area contributed by atoms with Crippen molar-refractivity contribution in [3.8, 4) is 17.1 Å². The van der Waals surface area contributed by atoms with Crippen LogP contribution in [0.2, 0.25) is 5.02 Å². The number of aromatic nitrogens is 3. The van der Waals surface area contributed by atoms with Crippen LogP contribution in [0.4, 0.5) is 5.69 Å². The number of benzene rings is 3. The molecule has 9 nitrogen and oxygen atoms in total. The summed E-state index contributed by atoms with van der Waals surface area (Å²) in [4.78, 5) is 22.9. The van der Waals surface area contributed by atoms with Gasteiger partial charge in [-0.05, 0) is 30.3 Å². The molecule has 3 aromatic carbocycles. The summed E-state index contributed by atoms with van der Waals surface area (Å²) in [6.45, 7) is 0. The molecule has 1 amide bonds. The Morgan fingerprint density at radius 3 is 2.50 bits per heavy atom. The first-order valence-electron chi connectivity index (χ1n) is 9.98. The quantitative estimate of drug-likeness (QED) is 0.164. The van der Waals surface area contributed by atoms with Crippen molar-refractivity contribution in [2.75, 3.05) is 5.75 Å². The van der Waals surface area contributed by atoms with E-state index in [-0.39, 0.29) is 17.0 Å². The molecule has 0 saturated heterocycles. The fourth-order valence-electron chi connectivity index (χ4n) is 3.06. The number of carbonyl (C=O) groups is 1. The van der Waals surface area contributed by atoms with Crippen LogP contribution in [0.5, 0.6) is 0 Å². The van der Waals surface area contributed by atoms with Gasteiger partial charge < -0.3 is 0 Å². The van der Waals surface area contributed by atoms with E-state index in [4.69, 9.17) is 11.6 Å². The van der Waals surface area contributed by atoms with Crippen molar-refractivity contribution in [2.45, 2.75) is 5.16 Å². The summed E-state index contributed by atoms with van der Waals surface area (Å²) < 4.78 is 1.85. The molecule has 0 bridgehead atoms. The summed E-state index contributed by atoms with van der Waals surface area (Å²) in [5, 5.41) is 24.6. The number of nitrogens with zero attached hydrogens (tertiary/aromatic N) is 5. The Kier molecular flexibility index (Phi) is 7.31. The number of nitrogens with one attached hydrogen (secondary N) is 1. The standard InChI is InChI=1S/C23H17ClN6O3S/c24-18-10-12-19(13-11-18)29-22(16-6-2-1-3-7-16)27-28-23(29)34-15-21(31)26-25-14-17-8-4-5-9-20(17)30(32)33/h1-14H,15H2,(H,26,31)/b25-14+. The minimum atomic E-state index is -0.507. The molecule has 4 rings (SSSR count). The molecular formula is C23H17ClN6O3S. The predicted octanol–water partition coefficient (Wildman–Crippen LogP) is 4.74. The number of hydrogen-bond donors (Lipinski definition) is 1. The number of carbonyl (C=O) groups excluding carboxylic acids is 1. The molecule has 4 aromatic rings. The summed E-state index contributed by atoms with van der Waals surface area (Å²) in [6, 6.07) is 22.9. The average Bonchev–Trinajstić information content (AvgIpc) is 3.28. The lowest BCUT2D eigenvalue weighted by Gasteiger charge is -2.10. The van der Waals surface area contributed by atoms with Gasteiger partial charge in [-0.2, -0.15) is 5.10 Å². The zero-order valence-electron chi connectivity index (χ0n) is 17.5. The van der Waals surface area contributed by atoms with E-state index < -0.39 is 10.8 Å². The minimum Gasteiger partial charge on any atom is -0.272 e. The maximum absolute atomic E-state index is 12.3. The first-order valence-corrected chi connectivity index (χ1v) is 11.3. The number of halogens is 1. The topological polar surface area (TPSA) is 115 Å². The smallest absolute Gasteiger partial charge is 0.272 e. The summed E-state index contributed by atoms with van der Waals surface area (Å²) in [7, 11) is 0. The lowest BCUT2D eigenvalue weighted by atomic mass is 10.2. The van der Waals surface area contributed by atoms with Crippen molar-refractivity contribution >= 4 is 41.2 Å². The Morgan fingerprint density at radius 2 is 1.76 bits per heavy atom. The molecule has 1 aromatic heterocycles. The third-order valence-corrected chi connectivity index (χ3v) is 5.79. The fraction of sp³-hybridized carbons (Fsp3) is 0.0435. The highest BCUT2D eigenvalue weighted by atomic mass is 35.5. The molecule has 0 fully saturated rings. The van der Waals surface area contributed by atoms with Crippen molar-refractivity contribution in [3.05, 3.63) is 99.6 Å². The fourth-order valence-corrected chi connectivity index (χ4v) is 3.93. The van der Waals surface area contributed by atoms with E-state index in [2.05, 4.69) is 20.7 Å². The van der Waals surface area contributed by atoms with Gasteiger partial charge in [0.25, 0.3) is 11.6 Å². The van der Waals surface area contributed by atoms with E-state index in [0.717, 1.165) is 11.3 Å². The largest absolute Gasteiger partial charge is 0.278 e. The molecule has 11 heteroatoms. The molecular weight excluding hydrogens is 476 g/mol. The van der Waals surface area contributed by atoms with Crippen molar-refractivity contribution in [1.29, 1.82) is 0 Å². The van der Waals surface area contributed by atoms with Crippen LogP contribution in [0, 0.1) is 10.1 Å². The van der Waals surface area contributed by atoms with E-state index in [0.29, 0.717) is 16.0 Å². The molecule has 1 heterocycles. The van der Waals surface area contributed by atoms with Crippen LogP contribution in [0.15, 0.2) is 89.1 Å². The maximum Gasteiger partial charge on any atom is 0.278 e. The molecule has 34 heavy (non-hydrogen) atoms. The highest BCUT2D eigenvalue weighted by Crippen LogP contribution is 2.28. The van der Waals surface area contributed by atoms with Crippen LogP contribution in [0.1, 0.15) is 5.56 Å². The van der Waals surface area contributed by atoms with Crippen LogP contribution < -0.4 is 5.43 Å². The van der Waals surface area contributed by atoms with Crippen LogP contribution in [0.3, 0.4) is 0 Å². The molecule has 1 N–H and O–H groups in total. The second kappa shape index (κ2) is 10.7. The minimum absolute atomic E-state index is 0.00867. The lowest BCUT2D eigenvalue weighted by Crippen LogP contribution is -2.20. The van der Waals surface area contributed by atoms with E-state index in [9.17, 15) is 14.9 Å². The summed E-state index contributed by atoms with van der Waals surface area (Å²) in [5.74, 6) is 0.237. The molecule has 170 valence electrons. The molecule has 0 saturated carbocycles. The van der Waals surface area contributed by atoms with Gasteiger partial charge in [-0.25, -0.2) is 5.43 Å². The zero-order valence-corrected chi connectivity index (χ0v) is 19.1. The maximum atomic E-state index is 12.3. The second-order valence-electron chi connectivity index (χ2n) is 6.88. The summed E-state index contributed by atoms with van der Waals surface area (Å²) >= 11 is 7.23. The van der Waals surface area contributed by atoms with Crippen molar-refractivity contribution in [3.63, 3.8) is 0 Å². The third kappa shape index (κ3) is 5.48. The summed E-state index contributed by atoms with van der Waals surface area (Å²) in [5.41, 5.74) is 4.24. The Balaban J connectivity index is 1.50. The number of rotatable bonds is 8. The molecule has 0 unspecified atom stereocenters. The van der Waals surface area contributed by atoms with Crippen LogP contribution in [-0.2, 0) is 4.79 Å². The van der Waals surface area contributed by atoms with E-state index in [1.54, 1.807) is 30.3 Å². The number of nitro benzene ring substituents is 1. The van der Waals surface area contributed by atoms with Crippen molar-refractivity contribution in [2.24, 2.45) is 5.10 Å². The van der Waals surface area contributed by atoms with Gasteiger partial charge in [0.05, 0.1) is 22.5 Å². The molecule has 0 atom stereocenters. The van der Waals surface area contributed by atoms with E-state index in [1.165, 1.54) is 24.0 Å². The number of hydrogen-bond acceptors (Lipinski definition) is 7. The van der Waals surface area contributed by atoms with E-state index >= 15 is 0 Å². The number of para-hydroxylation sites is 1. The predicted molar refractivity (Wildman–Crippen MR) is 131 cm³/mol. The van der Waals surface area contributed by atoms with Gasteiger partial charge in [0.1, 0.15) is 0 Å². The zero-order chi connectivity index (χ0) is 23.9. The van der Waals surface area contributed by atoms with Crippen molar-refractivity contribution < 1.29 is 9.72 Å². The van der Waals surface area contributed by atoms with Gasteiger partial charge in [-0.1, -0.05) is 65.8 Å². The van der Waals surface area contributed by atoms with Crippen LogP contribution in [0.25, 0.3) is 17.1 Å². The third-order valence-electron chi connectivity index (χ3n) is 4.61. The number of nitro groups is 1. The van der Waals surface area contributed by atoms with Gasteiger partial charge in [-0.3, -0.25) is 19.5 Å². The highest BCUT2D eigenvalue weighted by Gasteiger charge is 2.17. The molecule has 0 aliphatic heterocycles. The SMILES string of the molecule is O=C(CSc1nnc(-c2ccccc2)n1-c1ccc(Cl)cc1)N/N=C/c1ccccc1[N+](=O)[O-]. The van der Waals surface area contributed by atoms with Crippen LogP contribution >= 0.6 is 23.4 Å². The van der Waals surface area contributed by atoms with Gasteiger partial charge in [0.2, 0.25) is 0 Å². The summed E-state index contributed by atoms with van der Waals surface area (Å²) in [6.07, 6.45) is 1.24. The first-order chi connectivity index (χ1) is 16.5. The Bertz CT molecular complexity index is 1340. The van der Waals surface area contributed by atoms with Gasteiger partial charge in [0, 0.05) is 22.3 Å². The lowest BCUT2D eigenvalue weighted by molar-refractivity contribution is -0.385. The van der Waals surface area contributed by atoms with Gasteiger partial charge >= 0.3 is 0 Å². The first kappa shape index (κ1) is 23.1. The van der Waals surface area contributed by atoms with Crippen LogP contribution in [-0.4, -0.2) is 37.6 Å². The second-order valence-corrected chi connectivity index (χ2v) is 8.26. The number of hydrazone groups is 1. The normalized spacial score (nSPS) is 11.0. The number of thioether (sulfide) groups is 1. The Labute approximate surface area is 203 Å². The molecule has 0 spiro atoms. The Hall–Kier alpha value is -4.02. The average molecular weight is 493 g/mol. The van der Waals surface area contributed by atoms with Gasteiger partial charge in [-0.15, -0.1) is 10.2 Å².